The first-order chi connectivity index (χ1) is 8.62. The summed E-state index contributed by atoms with van der Waals surface area (Å²) in [6, 6.07) is 4.79. The second-order valence-electron chi connectivity index (χ2n) is 4.32. The molecule has 3 nitrogen and oxygen atoms in total. The zero-order chi connectivity index (χ0) is 13.5. The summed E-state index contributed by atoms with van der Waals surface area (Å²) in [5.74, 6) is -0.0945. The Morgan fingerprint density at radius 2 is 2.00 bits per heavy atom. The molecule has 18 heavy (non-hydrogen) atoms. The molecule has 102 valence electrons. The summed E-state index contributed by atoms with van der Waals surface area (Å²) in [4.78, 5) is 2.31. The largest absolute Gasteiger partial charge is 0.494 e. The predicted octanol–water partition coefficient (Wildman–Crippen LogP) is 2.57. The van der Waals surface area contributed by atoms with Gasteiger partial charge in [0.05, 0.1) is 7.11 Å². The Morgan fingerprint density at radius 1 is 1.33 bits per heavy atom. The van der Waals surface area contributed by atoms with Gasteiger partial charge in [0, 0.05) is 6.04 Å². The topological polar surface area (TPSA) is 38.5 Å². The second kappa shape index (κ2) is 7.34. The Hall–Kier alpha value is -1.13. The van der Waals surface area contributed by atoms with Crippen molar-refractivity contribution in [2.45, 2.75) is 26.3 Å². The molecule has 4 heteroatoms. The van der Waals surface area contributed by atoms with Crippen molar-refractivity contribution in [2.75, 3.05) is 26.7 Å². The van der Waals surface area contributed by atoms with Crippen molar-refractivity contribution in [1.29, 1.82) is 0 Å². The van der Waals surface area contributed by atoms with E-state index in [0.717, 1.165) is 31.6 Å². The Kier molecular flexibility index (Phi) is 6.09. The molecule has 1 aromatic rings. The van der Waals surface area contributed by atoms with Crippen LogP contribution in [0.2, 0.25) is 0 Å². The van der Waals surface area contributed by atoms with E-state index in [0.29, 0.717) is 0 Å². The lowest BCUT2D eigenvalue weighted by Crippen LogP contribution is -2.27. The standard InChI is InChI=1S/C14H23FN2O/c1-4-17(5-2)9-8-13(16)11-6-7-14(18-3)12(15)10-11/h6-7,10,13H,4-5,8-9,16H2,1-3H3. The maximum atomic E-state index is 13.6. The zero-order valence-corrected chi connectivity index (χ0v) is 11.4. The van der Waals surface area contributed by atoms with Gasteiger partial charge in [0.15, 0.2) is 11.6 Å². The minimum atomic E-state index is -0.353. The second-order valence-corrected chi connectivity index (χ2v) is 4.32. The van der Waals surface area contributed by atoms with Crippen LogP contribution in [0.15, 0.2) is 18.2 Å². The molecule has 0 bridgehead atoms. The van der Waals surface area contributed by atoms with Crippen molar-refractivity contribution < 1.29 is 9.13 Å². The number of ether oxygens (including phenoxy) is 1. The number of benzene rings is 1. The molecule has 0 spiro atoms. The van der Waals surface area contributed by atoms with Gasteiger partial charge >= 0.3 is 0 Å². The number of nitrogens with two attached hydrogens (primary N) is 1. The van der Waals surface area contributed by atoms with Crippen molar-refractivity contribution in [3.8, 4) is 5.75 Å². The van der Waals surface area contributed by atoms with E-state index >= 15 is 0 Å². The summed E-state index contributed by atoms with van der Waals surface area (Å²) in [5, 5.41) is 0. The number of halogens is 1. The van der Waals surface area contributed by atoms with Crippen LogP contribution in [-0.4, -0.2) is 31.6 Å². The Bertz CT molecular complexity index is 367. The van der Waals surface area contributed by atoms with Gasteiger partial charge in [-0.05, 0) is 43.8 Å². The van der Waals surface area contributed by atoms with Crippen LogP contribution < -0.4 is 10.5 Å². The first kappa shape index (κ1) is 14.9. The molecule has 0 saturated carbocycles. The highest BCUT2D eigenvalue weighted by Crippen LogP contribution is 2.22. The average molecular weight is 254 g/mol. The molecule has 0 saturated heterocycles. The first-order valence-electron chi connectivity index (χ1n) is 6.43. The Morgan fingerprint density at radius 3 is 2.50 bits per heavy atom. The van der Waals surface area contributed by atoms with Crippen LogP contribution in [0.1, 0.15) is 31.9 Å². The highest BCUT2D eigenvalue weighted by atomic mass is 19.1. The van der Waals surface area contributed by atoms with E-state index in [1.165, 1.54) is 13.2 Å². The lowest BCUT2D eigenvalue weighted by molar-refractivity contribution is 0.290. The molecule has 0 fully saturated rings. The molecule has 0 aromatic heterocycles. The first-order valence-corrected chi connectivity index (χ1v) is 6.43. The molecule has 0 amide bonds. The molecule has 0 aliphatic carbocycles. The number of nitrogens with zero attached hydrogens (tertiary/aromatic N) is 1. The molecule has 0 aliphatic rings. The van der Waals surface area contributed by atoms with Crippen LogP contribution in [0.3, 0.4) is 0 Å². The third-order valence-corrected chi connectivity index (χ3v) is 3.25. The van der Waals surface area contributed by atoms with Gasteiger partial charge in [-0.15, -0.1) is 0 Å². The molecule has 0 aliphatic heterocycles. The molecule has 1 rings (SSSR count). The number of rotatable bonds is 7. The van der Waals surface area contributed by atoms with Crippen molar-refractivity contribution in [1.82, 2.24) is 4.90 Å². The third-order valence-electron chi connectivity index (χ3n) is 3.25. The molecule has 0 radical (unpaired) electrons. The summed E-state index contributed by atoms with van der Waals surface area (Å²) in [5.41, 5.74) is 6.90. The van der Waals surface area contributed by atoms with Gasteiger partial charge in [-0.1, -0.05) is 19.9 Å². The van der Waals surface area contributed by atoms with Gasteiger partial charge in [-0.3, -0.25) is 0 Å². The Labute approximate surface area is 109 Å². The van der Waals surface area contributed by atoms with Crippen molar-refractivity contribution in [3.63, 3.8) is 0 Å². The van der Waals surface area contributed by atoms with E-state index in [1.807, 2.05) is 6.07 Å². The molecule has 1 atom stereocenters. The highest BCUT2D eigenvalue weighted by molar-refractivity contribution is 5.30. The summed E-state index contributed by atoms with van der Waals surface area (Å²) in [7, 11) is 1.46. The van der Waals surface area contributed by atoms with Crippen LogP contribution in [-0.2, 0) is 0 Å². The highest BCUT2D eigenvalue weighted by Gasteiger charge is 2.11. The molecule has 1 aromatic carbocycles. The maximum absolute atomic E-state index is 13.6. The van der Waals surface area contributed by atoms with Crippen molar-refractivity contribution in [3.05, 3.63) is 29.6 Å². The number of hydrogen-bond donors (Lipinski definition) is 1. The summed E-state index contributed by atoms with van der Waals surface area (Å²) in [6.07, 6.45) is 0.827. The van der Waals surface area contributed by atoms with Crippen molar-refractivity contribution >= 4 is 0 Å². The van der Waals surface area contributed by atoms with Gasteiger partial charge in [-0.2, -0.15) is 0 Å². The van der Waals surface area contributed by atoms with Gasteiger partial charge in [-0.25, -0.2) is 4.39 Å². The van der Waals surface area contributed by atoms with E-state index in [-0.39, 0.29) is 17.6 Å². The lowest BCUT2D eigenvalue weighted by Gasteiger charge is -2.20. The molecular formula is C14H23FN2O. The molecule has 0 heterocycles. The van der Waals surface area contributed by atoms with E-state index in [9.17, 15) is 4.39 Å². The minimum Gasteiger partial charge on any atom is -0.494 e. The van der Waals surface area contributed by atoms with Crippen LogP contribution in [0.4, 0.5) is 4.39 Å². The normalized spacial score (nSPS) is 12.8. The quantitative estimate of drug-likeness (QED) is 0.812. The van der Waals surface area contributed by atoms with Gasteiger partial charge in [0.2, 0.25) is 0 Å². The summed E-state index contributed by atoms with van der Waals surface area (Å²) in [6.45, 7) is 7.21. The molecular weight excluding hydrogens is 231 g/mol. The smallest absolute Gasteiger partial charge is 0.165 e. The van der Waals surface area contributed by atoms with Crippen LogP contribution in [0.5, 0.6) is 5.75 Å². The van der Waals surface area contributed by atoms with E-state index in [2.05, 4.69) is 18.7 Å². The van der Waals surface area contributed by atoms with E-state index in [1.54, 1.807) is 6.07 Å². The fourth-order valence-electron chi connectivity index (χ4n) is 1.94. The SMILES string of the molecule is CCN(CC)CCC(N)c1ccc(OC)c(F)c1. The van der Waals surface area contributed by atoms with Crippen LogP contribution >= 0.6 is 0 Å². The Balaban J connectivity index is 2.61. The minimum absolute atomic E-state index is 0.133. The fourth-order valence-corrected chi connectivity index (χ4v) is 1.94. The van der Waals surface area contributed by atoms with Gasteiger partial charge < -0.3 is 15.4 Å². The number of methoxy groups -OCH3 is 1. The van der Waals surface area contributed by atoms with Gasteiger partial charge in [0.1, 0.15) is 0 Å². The maximum Gasteiger partial charge on any atom is 0.165 e. The summed E-state index contributed by atoms with van der Waals surface area (Å²) >= 11 is 0. The number of hydrogen-bond acceptors (Lipinski definition) is 3. The molecule has 2 N–H and O–H groups in total. The van der Waals surface area contributed by atoms with E-state index < -0.39 is 0 Å². The lowest BCUT2D eigenvalue weighted by atomic mass is 10.0. The predicted molar refractivity (Wildman–Crippen MR) is 72.3 cm³/mol. The van der Waals surface area contributed by atoms with Crippen molar-refractivity contribution in [2.24, 2.45) is 5.73 Å². The zero-order valence-electron chi connectivity index (χ0n) is 11.4. The van der Waals surface area contributed by atoms with Gasteiger partial charge in [0.25, 0.3) is 0 Å². The third kappa shape index (κ3) is 3.96. The van der Waals surface area contributed by atoms with Crippen LogP contribution in [0.25, 0.3) is 0 Å². The average Bonchev–Trinajstić information content (AvgIpc) is 2.39. The summed E-state index contributed by atoms with van der Waals surface area (Å²) < 4.78 is 18.4. The van der Waals surface area contributed by atoms with Crippen LogP contribution in [0, 0.1) is 5.82 Å². The fraction of sp³-hybridized carbons (Fsp3) is 0.571. The molecule has 1 unspecified atom stereocenters. The van der Waals surface area contributed by atoms with E-state index in [4.69, 9.17) is 10.5 Å². The monoisotopic (exact) mass is 254 g/mol.